The van der Waals surface area contributed by atoms with Crippen molar-refractivity contribution in [1.29, 1.82) is 0 Å². The third-order valence-corrected chi connectivity index (χ3v) is 3.10. The smallest absolute Gasteiger partial charge is 0.0599 e. The van der Waals surface area contributed by atoms with Gasteiger partial charge in [-0.3, -0.25) is 4.90 Å². The van der Waals surface area contributed by atoms with E-state index in [2.05, 4.69) is 30.0 Å². The number of nitrogens with one attached hydrogen (secondary N) is 1. The van der Waals surface area contributed by atoms with Gasteiger partial charge in [0, 0.05) is 12.6 Å². The standard InChI is InChI=1S/C13H24N2/c1-4-8-15(9-5-2)11-13-6-7-14-12(3)10-13/h1,12-14H,5-11H2,2-3H3. The highest BCUT2D eigenvalue weighted by Gasteiger charge is 2.20. The number of rotatable bonds is 5. The molecule has 0 bridgehead atoms. The molecule has 0 amide bonds. The van der Waals surface area contributed by atoms with Crippen LogP contribution in [0.3, 0.4) is 0 Å². The van der Waals surface area contributed by atoms with E-state index in [1.165, 1.54) is 32.4 Å². The second-order valence-corrected chi connectivity index (χ2v) is 4.68. The summed E-state index contributed by atoms with van der Waals surface area (Å²) in [6, 6.07) is 0.679. The molecule has 2 atom stereocenters. The molecule has 0 aromatic heterocycles. The fourth-order valence-electron chi connectivity index (χ4n) is 2.45. The maximum atomic E-state index is 5.39. The number of nitrogens with zero attached hydrogens (tertiary/aromatic N) is 1. The molecule has 15 heavy (non-hydrogen) atoms. The summed E-state index contributed by atoms with van der Waals surface area (Å²) in [6.07, 6.45) is 9.18. The molecule has 2 nitrogen and oxygen atoms in total. The Morgan fingerprint density at radius 1 is 1.53 bits per heavy atom. The normalized spacial score (nSPS) is 26.5. The van der Waals surface area contributed by atoms with Gasteiger partial charge in [-0.15, -0.1) is 6.42 Å². The molecule has 1 N–H and O–H groups in total. The maximum Gasteiger partial charge on any atom is 0.0599 e. The Labute approximate surface area is 94.4 Å². The maximum absolute atomic E-state index is 5.39. The minimum atomic E-state index is 0.679. The van der Waals surface area contributed by atoms with E-state index in [-0.39, 0.29) is 0 Å². The van der Waals surface area contributed by atoms with Crippen LogP contribution in [0.5, 0.6) is 0 Å². The van der Waals surface area contributed by atoms with E-state index >= 15 is 0 Å². The van der Waals surface area contributed by atoms with Crippen LogP contribution in [-0.4, -0.2) is 37.1 Å². The zero-order chi connectivity index (χ0) is 11.1. The first kappa shape index (κ1) is 12.5. The van der Waals surface area contributed by atoms with Gasteiger partial charge in [0.15, 0.2) is 0 Å². The van der Waals surface area contributed by atoms with Gasteiger partial charge in [0.25, 0.3) is 0 Å². The lowest BCUT2D eigenvalue weighted by molar-refractivity contribution is 0.207. The van der Waals surface area contributed by atoms with E-state index in [1.807, 2.05) is 0 Å². The molecule has 2 unspecified atom stereocenters. The van der Waals surface area contributed by atoms with Crippen molar-refractivity contribution in [3.63, 3.8) is 0 Å². The summed E-state index contributed by atoms with van der Waals surface area (Å²) in [5, 5.41) is 3.49. The fourth-order valence-corrected chi connectivity index (χ4v) is 2.45. The first-order valence-corrected chi connectivity index (χ1v) is 6.15. The zero-order valence-electron chi connectivity index (χ0n) is 10.1. The van der Waals surface area contributed by atoms with Crippen LogP contribution in [0.25, 0.3) is 0 Å². The SMILES string of the molecule is C#CCN(CCC)CC1CCNC(C)C1. The van der Waals surface area contributed by atoms with Crippen molar-refractivity contribution in [3.05, 3.63) is 0 Å². The van der Waals surface area contributed by atoms with Crippen LogP contribution in [0.2, 0.25) is 0 Å². The van der Waals surface area contributed by atoms with Crippen molar-refractivity contribution < 1.29 is 0 Å². The Balaban J connectivity index is 2.32. The van der Waals surface area contributed by atoms with Crippen LogP contribution >= 0.6 is 0 Å². The van der Waals surface area contributed by atoms with E-state index in [0.29, 0.717) is 6.04 Å². The molecule has 0 aromatic carbocycles. The van der Waals surface area contributed by atoms with Crippen LogP contribution in [0.4, 0.5) is 0 Å². The van der Waals surface area contributed by atoms with E-state index in [9.17, 15) is 0 Å². The number of hydrogen-bond acceptors (Lipinski definition) is 2. The number of hydrogen-bond donors (Lipinski definition) is 1. The molecule has 0 saturated carbocycles. The summed E-state index contributed by atoms with van der Waals surface area (Å²) in [7, 11) is 0. The lowest BCUT2D eigenvalue weighted by Crippen LogP contribution is -2.40. The van der Waals surface area contributed by atoms with Crippen LogP contribution in [0, 0.1) is 18.3 Å². The van der Waals surface area contributed by atoms with Crippen molar-refractivity contribution in [1.82, 2.24) is 10.2 Å². The highest BCUT2D eigenvalue weighted by Crippen LogP contribution is 2.17. The lowest BCUT2D eigenvalue weighted by Gasteiger charge is -2.32. The van der Waals surface area contributed by atoms with Gasteiger partial charge < -0.3 is 5.32 Å². The number of terminal acetylenes is 1. The third-order valence-electron chi connectivity index (χ3n) is 3.10. The van der Waals surface area contributed by atoms with Crippen LogP contribution in [-0.2, 0) is 0 Å². The summed E-state index contributed by atoms with van der Waals surface area (Å²) < 4.78 is 0. The van der Waals surface area contributed by atoms with Gasteiger partial charge in [-0.2, -0.15) is 0 Å². The average molecular weight is 208 g/mol. The highest BCUT2D eigenvalue weighted by molar-refractivity contribution is 4.89. The van der Waals surface area contributed by atoms with Crippen LogP contribution < -0.4 is 5.32 Å². The largest absolute Gasteiger partial charge is 0.314 e. The topological polar surface area (TPSA) is 15.3 Å². The monoisotopic (exact) mass is 208 g/mol. The molecule has 1 saturated heterocycles. The van der Waals surface area contributed by atoms with E-state index in [1.54, 1.807) is 0 Å². The van der Waals surface area contributed by atoms with Gasteiger partial charge in [0.1, 0.15) is 0 Å². The molecule has 0 aliphatic carbocycles. The van der Waals surface area contributed by atoms with Crippen molar-refractivity contribution in [2.75, 3.05) is 26.2 Å². The summed E-state index contributed by atoms with van der Waals surface area (Å²) >= 11 is 0. The molecule has 2 heteroatoms. The summed E-state index contributed by atoms with van der Waals surface area (Å²) in [5.74, 6) is 3.60. The van der Waals surface area contributed by atoms with Gasteiger partial charge >= 0.3 is 0 Å². The van der Waals surface area contributed by atoms with Gasteiger partial charge in [-0.05, 0) is 45.2 Å². The van der Waals surface area contributed by atoms with Gasteiger partial charge in [-0.1, -0.05) is 12.8 Å². The molecule has 86 valence electrons. The van der Waals surface area contributed by atoms with Crippen molar-refractivity contribution in [2.45, 2.75) is 39.2 Å². The Hall–Kier alpha value is -0.520. The Morgan fingerprint density at radius 2 is 2.33 bits per heavy atom. The lowest BCUT2D eigenvalue weighted by atomic mass is 9.93. The van der Waals surface area contributed by atoms with Crippen molar-refractivity contribution in [2.24, 2.45) is 5.92 Å². The van der Waals surface area contributed by atoms with E-state index in [4.69, 9.17) is 6.42 Å². The third kappa shape index (κ3) is 4.68. The first-order valence-electron chi connectivity index (χ1n) is 6.15. The predicted molar refractivity (Wildman–Crippen MR) is 65.8 cm³/mol. The van der Waals surface area contributed by atoms with Crippen molar-refractivity contribution in [3.8, 4) is 12.3 Å². The molecular weight excluding hydrogens is 184 g/mol. The highest BCUT2D eigenvalue weighted by atomic mass is 15.1. The molecule has 1 rings (SSSR count). The molecule has 0 aromatic rings. The first-order chi connectivity index (χ1) is 7.26. The van der Waals surface area contributed by atoms with Gasteiger partial charge in [-0.25, -0.2) is 0 Å². The molecule has 0 radical (unpaired) electrons. The molecule has 1 aliphatic heterocycles. The van der Waals surface area contributed by atoms with E-state index < -0.39 is 0 Å². The molecule has 0 spiro atoms. The Bertz CT molecular complexity index is 207. The number of piperidine rings is 1. The quantitative estimate of drug-likeness (QED) is 0.692. The van der Waals surface area contributed by atoms with Crippen molar-refractivity contribution >= 4 is 0 Å². The van der Waals surface area contributed by atoms with Gasteiger partial charge in [0.2, 0.25) is 0 Å². The Kier molecular flexibility index (Phi) is 5.75. The van der Waals surface area contributed by atoms with E-state index in [0.717, 1.165) is 19.0 Å². The molecule has 1 aliphatic rings. The second-order valence-electron chi connectivity index (χ2n) is 4.68. The summed E-state index contributed by atoms with van der Waals surface area (Å²) in [5.41, 5.74) is 0. The van der Waals surface area contributed by atoms with Crippen LogP contribution in [0.15, 0.2) is 0 Å². The zero-order valence-corrected chi connectivity index (χ0v) is 10.1. The average Bonchev–Trinajstić information content (AvgIpc) is 2.18. The molecular formula is C13H24N2. The molecule has 1 fully saturated rings. The van der Waals surface area contributed by atoms with Gasteiger partial charge in [0.05, 0.1) is 6.54 Å². The second kappa shape index (κ2) is 6.87. The predicted octanol–water partition coefficient (Wildman–Crippen LogP) is 1.72. The fraction of sp³-hybridized carbons (Fsp3) is 0.846. The minimum absolute atomic E-state index is 0.679. The Morgan fingerprint density at radius 3 is 2.93 bits per heavy atom. The van der Waals surface area contributed by atoms with Crippen LogP contribution in [0.1, 0.15) is 33.1 Å². The summed E-state index contributed by atoms with van der Waals surface area (Å²) in [4.78, 5) is 2.42. The molecule has 1 heterocycles. The minimum Gasteiger partial charge on any atom is -0.314 e. The summed E-state index contributed by atoms with van der Waals surface area (Å²) in [6.45, 7) is 8.80.